The second kappa shape index (κ2) is 6.17. The van der Waals surface area contributed by atoms with Crippen LogP contribution < -0.4 is 0 Å². The van der Waals surface area contributed by atoms with Gasteiger partial charge in [-0.2, -0.15) is 0 Å². The average Bonchev–Trinajstić information content (AvgIpc) is 2.40. The zero-order valence-corrected chi connectivity index (χ0v) is 14.1. The number of benzene rings is 1. The highest BCUT2D eigenvalue weighted by molar-refractivity contribution is 5.50. The van der Waals surface area contributed by atoms with Crippen LogP contribution in [0.5, 0.6) is 5.75 Å². The van der Waals surface area contributed by atoms with Gasteiger partial charge in [-0.1, -0.05) is 41.5 Å². The number of phenolic OH excluding ortho intramolecular Hbond substituents is 1. The fraction of sp³-hybridized carbons (Fsp3) is 0.667. The SMILES string of the molecule is CCC(C)(C)c1cc(COC)cc(C(C)(C)CC)c1O. The van der Waals surface area contributed by atoms with E-state index in [1.165, 1.54) is 0 Å². The fourth-order valence-corrected chi connectivity index (χ4v) is 2.36. The van der Waals surface area contributed by atoms with Crippen LogP contribution in [0.1, 0.15) is 71.1 Å². The maximum absolute atomic E-state index is 10.8. The smallest absolute Gasteiger partial charge is 0.123 e. The third kappa shape index (κ3) is 3.35. The molecule has 1 rings (SSSR count). The average molecular weight is 278 g/mol. The van der Waals surface area contributed by atoms with Gasteiger partial charge < -0.3 is 9.84 Å². The molecule has 20 heavy (non-hydrogen) atoms. The maximum Gasteiger partial charge on any atom is 0.123 e. The van der Waals surface area contributed by atoms with Gasteiger partial charge in [-0.3, -0.25) is 0 Å². The van der Waals surface area contributed by atoms with E-state index < -0.39 is 0 Å². The molecule has 0 fully saturated rings. The van der Waals surface area contributed by atoms with Crippen molar-refractivity contribution < 1.29 is 9.84 Å². The highest BCUT2D eigenvalue weighted by atomic mass is 16.5. The lowest BCUT2D eigenvalue weighted by Crippen LogP contribution is -2.21. The van der Waals surface area contributed by atoms with Gasteiger partial charge in [0.1, 0.15) is 5.75 Å². The number of hydrogen-bond acceptors (Lipinski definition) is 2. The van der Waals surface area contributed by atoms with Gasteiger partial charge in [0.15, 0.2) is 0 Å². The van der Waals surface area contributed by atoms with Gasteiger partial charge in [0, 0.05) is 18.2 Å². The van der Waals surface area contributed by atoms with Gasteiger partial charge >= 0.3 is 0 Å². The molecule has 0 saturated heterocycles. The van der Waals surface area contributed by atoms with Gasteiger partial charge in [-0.15, -0.1) is 0 Å². The monoisotopic (exact) mass is 278 g/mol. The van der Waals surface area contributed by atoms with Crippen molar-refractivity contribution in [1.82, 2.24) is 0 Å². The van der Waals surface area contributed by atoms with Crippen LogP contribution in [0.4, 0.5) is 0 Å². The second-order valence-electron chi connectivity index (χ2n) is 6.95. The van der Waals surface area contributed by atoms with E-state index in [-0.39, 0.29) is 10.8 Å². The van der Waals surface area contributed by atoms with Crippen molar-refractivity contribution in [3.8, 4) is 5.75 Å². The fourth-order valence-electron chi connectivity index (χ4n) is 2.36. The molecule has 0 bridgehead atoms. The molecule has 2 heteroatoms. The first-order chi connectivity index (χ1) is 9.19. The third-order valence-corrected chi connectivity index (χ3v) is 4.71. The lowest BCUT2D eigenvalue weighted by molar-refractivity contribution is 0.184. The van der Waals surface area contributed by atoms with E-state index in [0.29, 0.717) is 12.4 Å². The van der Waals surface area contributed by atoms with E-state index in [0.717, 1.165) is 29.5 Å². The molecule has 0 aliphatic carbocycles. The molecule has 1 aromatic carbocycles. The molecular formula is C18H30O2. The molecule has 1 aromatic rings. The van der Waals surface area contributed by atoms with E-state index in [1.54, 1.807) is 7.11 Å². The molecule has 1 N–H and O–H groups in total. The van der Waals surface area contributed by atoms with Gasteiger partial charge in [0.25, 0.3) is 0 Å². The first kappa shape index (κ1) is 17.0. The van der Waals surface area contributed by atoms with Crippen molar-refractivity contribution in [2.75, 3.05) is 7.11 Å². The first-order valence-electron chi connectivity index (χ1n) is 7.55. The van der Waals surface area contributed by atoms with Crippen molar-refractivity contribution in [1.29, 1.82) is 0 Å². The van der Waals surface area contributed by atoms with Gasteiger partial charge in [0.2, 0.25) is 0 Å². The standard InChI is InChI=1S/C18H30O2/c1-8-17(3,4)14-10-13(12-20-7)11-15(16(14)19)18(5,6)9-2/h10-11,19H,8-9,12H2,1-7H3. The zero-order chi connectivity index (χ0) is 15.6. The Morgan fingerprint density at radius 2 is 1.35 bits per heavy atom. The second-order valence-corrected chi connectivity index (χ2v) is 6.95. The lowest BCUT2D eigenvalue weighted by atomic mass is 9.75. The molecule has 0 saturated carbocycles. The first-order valence-corrected chi connectivity index (χ1v) is 7.55. The van der Waals surface area contributed by atoms with E-state index in [2.05, 4.69) is 53.7 Å². The third-order valence-electron chi connectivity index (χ3n) is 4.71. The Morgan fingerprint density at radius 1 is 0.950 bits per heavy atom. The molecule has 0 unspecified atom stereocenters. The normalized spacial score (nSPS) is 12.8. The minimum Gasteiger partial charge on any atom is -0.507 e. The van der Waals surface area contributed by atoms with Crippen LogP contribution in [-0.2, 0) is 22.2 Å². The molecule has 0 spiro atoms. The highest BCUT2D eigenvalue weighted by Gasteiger charge is 2.29. The van der Waals surface area contributed by atoms with Crippen LogP contribution in [0, 0.1) is 0 Å². The summed E-state index contributed by atoms with van der Waals surface area (Å²) in [5, 5.41) is 10.8. The Balaban J connectivity index is 3.53. The molecule has 0 radical (unpaired) electrons. The maximum atomic E-state index is 10.8. The van der Waals surface area contributed by atoms with Crippen LogP contribution in [-0.4, -0.2) is 12.2 Å². The number of aromatic hydroxyl groups is 1. The minimum absolute atomic E-state index is 0.0353. The van der Waals surface area contributed by atoms with Gasteiger partial charge in [0.05, 0.1) is 6.61 Å². The van der Waals surface area contributed by atoms with E-state index in [4.69, 9.17) is 4.74 Å². The summed E-state index contributed by atoms with van der Waals surface area (Å²) < 4.78 is 5.29. The van der Waals surface area contributed by atoms with Crippen molar-refractivity contribution in [2.45, 2.75) is 71.8 Å². The summed E-state index contributed by atoms with van der Waals surface area (Å²) >= 11 is 0. The van der Waals surface area contributed by atoms with Crippen LogP contribution in [0.25, 0.3) is 0 Å². The highest BCUT2D eigenvalue weighted by Crippen LogP contribution is 2.42. The summed E-state index contributed by atoms with van der Waals surface area (Å²) in [7, 11) is 1.71. The predicted octanol–water partition coefficient (Wildman–Crippen LogP) is 4.91. The number of rotatable bonds is 6. The minimum atomic E-state index is -0.0353. The quantitative estimate of drug-likeness (QED) is 0.800. The summed E-state index contributed by atoms with van der Waals surface area (Å²) in [5.74, 6) is 0.462. The Morgan fingerprint density at radius 3 is 1.65 bits per heavy atom. The topological polar surface area (TPSA) is 29.5 Å². The molecule has 0 amide bonds. The number of phenols is 1. The van der Waals surface area contributed by atoms with Crippen molar-refractivity contribution in [3.63, 3.8) is 0 Å². The van der Waals surface area contributed by atoms with E-state index in [1.807, 2.05) is 0 Å². The summed E-state index contributed by atoms with van der Waals surface area (Å²) in [6.07, 6.45) is 1.98. The van der Waals surface area contributed by atoms with Crippen LogP contribution in [0.15, 0.2) is 12.1 Å². The summed E-state index contributed by atoms with van der Waals surface area (Å²) in [6.45, 7) is 13.6. The number of ether oxygens (including phenoxy) is 1. The molecule has 114 valence electrons. The Labute approximate surface area is 124 Å². The molecule has 0 atom stereocenters. The molecule has 0 aliphatic heterocycles. The van der Waals surface area contributed by atoms with Crippen molar-refractivity contribution in [3.05, 3.63) is 28.8 Å². The van der Waals surface area contributed by atoms with E-state index >= 15 is 0 Å². The zero-order valence-electron chi connectivity index (χ0n) is 14.1. The molecule has 2 nitrogen and oxygen atoms in total. The molecule has 0 aromatic heterocycles. The van der Waals surface area contributed by atoms with Crippen molar-refractivity contribution in [2.24, 2.45) is 0 Å². The Hall–Kier alpha value is -1.02. The van der Waals surface area contributed by atoms with Gasteiger partial charge in [-0.25, -0.2) is 0 Å². The summed E-state index contributed by atoms with van der Waals surface area (Å²) in [4.78, 5) is 0. The Bertz CT molecular complexity index is 421. The van der Waals surface area contributed by atoms with Gasteiger partial charge in [-0.05, 0) is 41.4 Å². The lowest BCUT2D eigenvalue weighted by Gasteiger charge is -2.31. The largest absolute Gasteiger partial charge is 0.507 e. The number of methoxy groups -OCH3 is 1. The summed E-state index contributed by atoms with van der Waals surface area (Å²) in [6, 6.07) is 4.19. The van der Waals surface area contributed by atoms with Crippen LogP contribution >= 0.6 is 0 Å². The molecule has 0 heterocycles. The predicted molar refractivity (Wildman–Crippen MR) is 85.5 cm³/mol. The van der Waals surface area contributed by atoms with E-state index in [9.17, 15) is 5.11 Å². The summed E-state index contributed by atoms with van der Waals surface area (Å²) in [5.41, 5.74) is 3.13. The molecule has 0 aliphatic rings. The van der Waals surface area contributed by atoms with Crippen LogP contribution in [0.2, 0.25) is 0 Å². The Kier molecular flexibility index (Phi) is 5.26. The van der Waals surface area contributed by atoms with Crippen molar-refractivity contribution >= 4 is 0 Å². The van der Waals surface area contributed by atoms with Crippen LogP contribution in [0.3, 0.4) is 0 Å². The number of hydrogen-bond donors (Lipinski definition) is 1. The molecular weight excluding hydrogens is 248 g/mol.